The molecule has 21 heavy (non-hydrogen) atoms. The Balaban J connectivity index is 1.72. The zero-order chi connectivity index (χ0) is 15.1. The second-order valence-electron chi connectivity index (χ2n) is 5.48. The van der Waals surface area contributed by atoms with Gasteiger partial charge in [-0.3, -0.25) is 9.69 Å². The number of nitrogens with one attached hydrogen (secondary N) is 2. The molecule has 5 heteroatoms. The van der Waals surface area contributed by atoms with E-state index in [-0.39, 0.29) is 18.0 Å². The number of amides is 1. The van der Waals surface area contributed by atoms with Crippen LogP contribution in [0.5, 0.6) is 0 Å². The highest BCUT2D eigenvalue weighted by Crippen LogP contribution is 2.12. The lowest BCUT2D eigenvalue weighted by molar-refractivity contribution is -0.125. The summed E-state index contributed by atoms with van der Waals surface area (Å²) in [5, 5.41) is 6.43. The molecule has 1 saturated heterocycles. The highest BCUT2D eigenvalue weighted by atomic mass is 32.2. The predicted octanol–water partition coefficient (Wildman–Crippen LogP) is 2.04. The lowest BCUT2D eigenvalue weighted by Crippen LogP contribution is -2.49. The third-order valence-corrected chi connectivity index (χ3v) is 4.68. The third kappa shape index (κ3) is 5.25. The van der Waals surface area contributed by atoms with Gasteiger partial charge in [-0.05, 0) is 26.0 Å². The maximum absolute atomic E-state index is 12.2. The second-order valence-corrected chi connectivity index (χ2v) is 6.71. The quantitative estimate of drug-likeness (QED) is 0.844. The van der Waals surface area contributed by atoms with Crippen molar-refractivity contribution in [3.8, 4) is 0 Å². The molecule has 1 aromatic rings. The molecule has 2 atom stereocenters. The van der Waals surface area contributed by atoms with Crippen LogP contribution in [0.4, 0.5) is 5.69 Å². The van der Waals surface area contributed by atoms with Crippen LogP contribution in [0.3, 0.4) is 0 Å². The van der Waals surface area contributed by atoms with E-state index < -0.39 is 0 Å². The van der Waals surface area contributed by atoms with E-state index in [0.717, 1.165) is 30.3 Å². The van der Waals surface area contributed by atoms with Crippen molar-refractivity contribution < 1.29 is 4.79 Å². The predicted molar refractivity (Wildman–Crippen MR) is 90.9 cm³/mol. The fourth-order valence-electron chi connectivity index (χ4n) is 2.40. The van der Waals surface area contributed by atoms with Gasteiger partial charge in [-0.2, -0.15) is 11.8 Å². The Morgan fingerprint density at radius 1 is 1.24 bits per heavy atom. The molecule has 2 rings (SSSR count). The van der Waals surface area contributed by atoms with Gasteiger partial charge in [-0.25, -0.2) is 0 Å². The van der Waals surface area contributed by atoms with Crippen molar-refractivity contribution in [2.45, 2.75) is 25.9 Å². The number of anilines is 1. The van der Waals surface area contributed by atoms with Gasteiger partial charge < -0.3 is 10.6 Å². The average molecular weight is 307 g/mol. The Labute approximate surface area is 131 Å². The number of hydrogen-bond acceptors (Lipinski definition) is 4. The van der Waals surface area contributed by atoms with E-state index in [0.29, 0.717) is 6.54 Å². The lowest BCUT2D eigenvalue weighted by atomic mass is 10.2. The minimum Gasteiger partial charge on any atom is -0.381 e. The minimum atomic E-state index is -0.0326. The molecule has 0 aliphatic carbocycles. The maximum atomic E-state index is 12.2. The van der Waals surface area contributed by atoms with Gasteiger partial charge in [0.25, 0.3) is 0 Å². The first-order valence-electron chi connectivity index (χ1n) is 7.58. The molecule has 1 heterocycles. The van der Waals surface area contributed by atoms with Crippen LogP contribution in [-0.2, 0) is 4.79 Å². The molecule has 1 aliphatic heterocycles. The fraction of sp³-hybridized carbons (Fsp3) is 0.562. The van der Waals surface area contributed by atoms with Crippen LogP contribution in [0.2, 0.25) is 0 Å². The fourth-order valence-corrected chi connectivity index (χ4v) is 3.33. The van der Waals surface area contributed by atoms with Crippen molar-refractivity contribution >= 4 is 23.4 Å². The summed E-state index contributed by atoms with van der Waals surface area (Å²) >= 11 is 1.96. The first-order chi connectivity index (χ1) is 10.2. The lowest BCUT2D eigenvalue weighted by Gasteiger charge is -2.31. The van der Waals surface area contributed by atoms with Crippen LogP contribution in [-0.4, -0.2) is 54.0 Å². The van der Waals surface area contributed by atoms with E-state index in [1.807, 2.05) is 49.0 Å². The van der Waals surface area contributed by atoms with Crippen molar-refractivity contribution in [2.75, 3.05) is 36.5 Å². The molecular formula is C16H25N3OS. The van der Waals surface area contributed by atoms with E-state index in [2.05, 4.69) is 22.5 Å². The van der Waals surface area contributed by atoms with Crippen LogP contribution in [0, 0.1) is 0 Å². The number of nitrogens with zero attached hydrogens (tertiary/aromatic N) is 1. The summed E-state index contributed by atoms with van der Waals surface area (Å²) in [7, 11) is 0. The first kappa shape index (κ1) is 16.2. The molecule has 0 radical (unpaired) electrons. The molecule has 1 amide bonds. The number of rotatable bonds is 6. The van der Waals surface area contributed by atoms with Crippen LogP contribution in [0.15, 0.2) is 30.3 Å². The molecule has 4 nitrogen and oxygen atoms in total. The largest absolute Gasteiger partial charge is 0.381 e. The van der Waals surface area contributed by atoms with Crippen molar-refractivity contribution in [3.63, 3.8) is 0 Å². The van der Waals surface area contributed by atoms with Gasteiger partial charge in [-0.1, -0.05) is 18.2 Å². The zero-order valence-electron chi connectivity index (χ0n) is 12.8. The van der Waals surface area contributed by atoms with Gasteiger partial charge in [0.1, 0.15) is 0 Å². The molecule has 2 N–H and O–H groups in total. The molecule has 0 bridgehead atoms. The molecule has 1 aromatic carbocycles. The molecule has 0 aromatic heterocycles. The van der Waals surface area contributed by atoms with Crippen molar-refractivity contribution in [3.05, 3.63) is 30.3 Å². The normalized spacial score (nSPS) is 18.8. The SMILES string of the molecule is C[C@H](CNC(=O)[C@@H](C)N1CCSCC1)Nc1ccccc1. The number of carbonyl (C=O) groups excluding carboxylic acids is 1. The highest BCUT2D eigenvalue weighted by Gasteiger charge is 2.22. The van der Waals surface area contributed by atoms with Crippen molar-refractivity contribution in [1.82, 2.24) is 10.2 Å². The Morgan fingerprint density at radius 3 is 2.57 bits per heavy atom. The van der Waals surface area contributed by atoms with Gasteiger partial charge in [-0.15, -0.1) is 0 Å². The van der Waals surface area contributed by atoms with Crippen LogP contribution < -0.4 is 10.6 Å². The summed E-state index contributed by atoms with van der Waals surface area (Å²) in [4.78, 5) is 14.5. The summed E-state index contributed by atoms with van der Waals surface area (Å²) in [5.74, 6) is 2.39. The summed E-state index contributed by atoms with van der Waals surface area (Å²) in [6.07, 6.45) is 0. The van der Waals surface area contributed by atoms with E-state index >= 15 is 0 Å². The molecule has 1 aliphatic rings. The Morgan fingerprint density at radius 2 is 1.90 bits per heavy atom. The Bertz CT molecular complexity index is 434. The van der Waals surface area contributed by atoms with Crippen LogP contribution in [0.25, 0.3) is 0 Å². The highest BCUT2D eigenvalue weighted by molar-refractivity contribution is 7.99. The van der Waals surface area contributed by atoms with E-state index in [1.54, 1.807) is 0 Å². The van der Waals surface area contributed by atoms with E-state index in [4.69, 9.17) is 0 Å². The second kappa shape index (κ2) is 8.29. The summed E-state index contributed by atoms with van der Waals surface area (Å²) in [6, 6.07) is 10.2. The number of hydrogen-bond donors (Lipinski definition) is 2. The summed E-state index contributed by atoms with van der Waals surface area (Å²) < 4.78 is 0. The molecule has 0 unspecified atom stereocenters. The van der Waals surface area contributed by atoms with E-state index in [1.165, 1.54) is 0 Å². The smallest absolute Gasteiger partial charge is 0.237 e. The summed E-state index contributed by atoms with van der Waals surface area (Å²) in [5.41, 5.74) is 1.08. The molecule has 0 spiro atoms. The summed E-state index contributed by atoms with van der Waals surface area (Å²) in [6.45, 7) is 6.74. The molecule has 0 saturated carbocycles. The van der Waals surface area contributed by atoms with Gasteiger partial charge in [0, 0.05) is 42.9 Å². The Hall–Kier alpha value is -1.20. The number of thioether (sulfide) groups is 1. The maximum Gasteiger partial charge on any atom is 0.237 e. The molecule has 1 fully saturated rings. The van der Waals surface area contributed by atoms with Crippen molar-refractivity contribution in [1.29, 1.82) is 0 Å². The molecule has 116 valence electrons. The van der Waals surface area contributed by atoms with Gasteiger partial charge in [0.05, 0.1) is 6.04 Å². The number of benzene rings is 1. The van der Waals surface area contributed by atoms with Gasteiger partial charge in [0.15, 0.2) is 0 Å². The van der Waals surface area contributed by atoms with Crippen molar-refractivity contribution in [2.24, 2.45) is 0 Å². The third-order valence-electron chi connectivity index (χ3n) is 3.74. The van der Waals surface area contributed by atoms with Gasteiger partial charge in [0.2, 0.25) is 5.91 Å². The van der Waals surface area contributed by atoms with Crippen LogP contribution in [0.1, 0.15) is 13.8 Å². The minimum absolute atomic E-state index is 0.0326. The standard InChI is InChI=1S/C16H25N3OS/c1-13(18-15-6-4-3-5-7-15)12-17-16(20)14(2)19-8-10-21-11-9-19/h3-7,13-14,18H,8-12H2,1-2H3,(H,17,20)/t13-,14-/m1/s1. The first-order valence-corrected chi connectivity index (χ1v) is 8.73. The number of para-hydroxylation sites is 1. The Kier molecular flexibility index (Phi) is 6.39. The monoisotopic (exact) mass is 307 g/mol. The topological polar surface area (TPSA) is 44.4 Å². The van der Waals surface area contributed by atoms with Crippen LogP contribution >= 0.6 is 11.8 Å². The zero-order valence-corrected chi connectivity index (χ0v) is 13.7. The van der Waals surface area contributed by atoms with Gasteiger partial charge >= 0.3 is 0 Å². The average Bonchev–Trinajstić information content (AvgIpc) is 2.53. The number of carbonyl (C=O) groups is 1. The van der Waals surface area contributed by atoms with E-state index in [9.17, 15) is 4.79 Å². The molecular weight excluding hydrogens is 282 g/mol.